The van der Waals surface area contributed by atoms with E-state index in [-0.39, 0.29) is 18.6 Å². The van der Waals surface area contributed by atoms with Gasteiger partial charge in [-0.15, -0.1) is 0 Å². The van der Waals surface area contributed by atoms with Crippen LogP contribution in [0, 0.1) is 0 Å². The number of aliphatic hydroxyl groups is 1. The van der Waals surface area contributed by atoms with Gasteiger partial charge in [-0.05, 0) is 24.3 Å². The number of carbonyl (C=O) groups is 1. The van der Waals surface area contributed by atoms with E-state index in [2.05, 4.69) is 15.2 Å². The normalized spacial score (nSPS) is 18.8. The number of pyridine rings is 1. The number of H-pyrrole nitrogens is 1. The Kier molecular flexibility index (Phi) is 5.09. The number of nitrogens with one attached hydrogen (secondary N) is 1. The van der Waals surface area contributed by atoms with Crippen molar-refractivity contribution >= 4 is 16.8 Å². The molecule has 4 aromatic rings. The number of carbonyl (C=O) groups excluding carboxylic acids is 1. The maximum absolute atomic E-state index is 12.9. The number of aromatic amines is 1. The smallest absolute Gasteiger partial charge is 0.271 e. The number of hydrogen-bond acceptors (Lipinski definition) is 5. The molecule has 31 heavy (non-hydrogen) atoms. The first-order chi connectivity index (χ1) is 15.2. The van der Waals surface area contributed by atoms with Gasteiger partial charge in [-0.1, -0.05) is 36.4 Å². The Bertz CT molecular complexity index is 1210. The zero-order valence-electron chi connectivity index (χ0n) is 16.8. The minimum absolute atomic E-state index is 0.179. The Hall–Kier alpha value is -3.71. The first kappa shape index (κ1) is 19.3. The minimum atomic E-state index is -0.784. The molecule has 0 bridgehead atoms. The van der Waals surface area contributed by atoms with Crippen molar-refractivity contribution in [2.24, 2.45) is 0 Å². The summed E-state index contributed by atoms with van der Waals surface area (Å²) < 4.78 is 6.02. The molecule has 1 aliphatic heterocycles. The average Bonchev–Trinajstić information content (AvgIpc) is 3.31. The first-order valence-electron chi connectivity index (χ1n) is 10.3. The second kappa shape index (κ2) is 8.20. The molecule has 2 aromatic heterocycles. The highest BCUT2D eigenvalue weighted by atomic mass is 16.5. The topological polar surface area (TPSA) is 91.3 Å². The number of hydrogen-bond donors (Lipinski definition) is 2. The zero-order valence-corrected chi connectivity index (χ0v) is 16.8. The molecule has 1 saturated heterocycles. The Morgan fingerprint density at radius 3 is 2.81 bits per heavy atom. The Morgan fingerprint density at radius 2 is 1.97 bits per heavy atom. The van der Waals surface area contributed by atoms with E-state index >= 15 is 0 Å². The second-order valence-corrected chi connectivity index (χ2v) is 7.65. The van der Waals surface area contributed by atoms with E-state index in [1.54, 1.807) is 17.2 Å². The minimum Gasteiger partial charge on any atom is -0.488 e. The lowest BCUT2D eigenvalue weighted by molar-refractivity contribution is -0.0200. The molecule has 0 radical (unpaired) electrons. The lowest BCUT2D eigenvalue weighted by atomic mass is 10.0. The molecule has 5 rings (SSSR count). The maximum atomic E-state index is 12.9. The predicted octanol–water partition coefficient (Wildman–Crippen LogP) is 3.28. The number of likely N-dealkylation sites (tertiary alicyclic amines) is 1. The molecule has 156 valence electrons. The van der Waals surface area contributed by atoms with Crippen molar-refractivity contribution in [1.29, 1.82) is 0 Å². The third-order valence-corrected chi connectivity index (χ3v) is 5.55. The molecule has 0 saturated carbocycles. The van der Waals surface area contributed by atoms with Crippen LogP contribution >= 0.6 is 0 Å². The standard InChI is InChI=1S/C24H22N4O3/c29-22-15-28(24(30)21-14-20(26-27-21)16-5-2-1-3-6-16)12-10-23(22)31-18-9-8-17-7-4-11-25-19(17)13-18/h1-9,11,13-14,22-23,29H,10,12,15H2,(H,26,27)/t22-,23-/m1/s1. The maximum Gasteiger partial charge on any atom is 0.271 e. The van der Waals surface area contributed by atoms with Crippen LogP contribution in [0.3, 0.4) is 0 Å². The van der Waals surface area contributed by atoms with Crippen LogP contribution in [0.5, 0.6) is 5.75 Å². The monoisotopic (exact) mass is 414 g/mol. The number of fused-ring (bicyclic) bond motifs is 1. The van der Waals surface area contributed by atoms with Crippen LogP contribution < -0.4 is 4.74 Å². The van der Waals surface area contributed by atoms with Gasteiger partial charge in [0.15, 0.2) is 0 Å². The molecule has 7 heteroatoms. The van der Waals surface area contributed by atoms with Crippen molar-refractivity contribution in [3.8, 4) is 17.0 Å². The number of β-amino-alcohol motifs (C(OH)–C–C–N with tert-alkyl or cyclic N) is 1. The van der Waals surface area contributed by atoms with Crippen molar-refractivity contribution in [1.82, 2.24) is 20.1 Å². The van der Waals surface area contributed by atoms with Crippen LogP contribution in [0.25, 0.3) is 22.2 Å². The van der Waals surface area contributed by atoms with Gasteiger partial charge >= 0.3 is 0 Å². The van der Waals surface area contributed by atoms with Gasteiger partial charge in [0.1, 0.15) is 23.7 Å². The third kappa shape index (κ3) is 4.00. The first-order valence-corrected chi connectivity index (χ1v) is 10.3. The van der Waals surface area contributed by atoms with Crippen LogP contribution in [-0.4, -0.2) is 56.4 Å². The molecular formula is C24H22N4O3. The van der Waals surface area contributed by atoms with Gasteiger partial charge < -0.3 is 14.7 Å². The summed E-state index contributed by atoms with van der Waals surface area (Å²) in [4.78, 5) is 18.9. The van der Waals surface area contributed by atoms with Crippen LogP contribution in [0.4, 0.5) is 0 Å². The molecule has 2 aromatic carbocycles. The third-order valence-electron chi connectivity index (χ3n) is 5.55. The van der Waals surface area contributed by atoms with Crippen molar-refractivity contribution in [3.05, 3.63) is 78.6 Å². The zero-order chi connectivity index (χ0) is 21.2. The lowest BCUT2D eigenvalue weighted by Gasteiger charge is -2.35. The highest BCUT2D eigenvalue weighted by molar-refractivity contribution is 5.93. The number of piperidine rings is 1. The highest BCUT2D eigenvalue weighted by Gasteiger charge is 2.32. The van der Waals surface area contributed by atoms with Gasteiger partial charge in [0.25, 0.3) is 5.91 Å². The number of ether oxygens (including phenoxy) is 1. The number of aliphatic hydroxyl groups excluding tert-OH is 1. The number of rotatable bonds is 4. The van der Waals surface area contributed by atoms with Gasteiger partial charge in [-0.25, -0.2) is 0 Å². The Labute approximate surface area is 179 Å². The molecule has 0 aliphatic carbocycles. The van der Waals surface area contributed by atoms with Crippen LogP contribution in [0.1, 0.15) is 16.9 Å². The molecule has 1 fully saturated rings. The number of nitrogens with zero attached hydrogens (tertiary/aromatic N) is 3. The fourth-order valence-electron chi connectivity index (χ4n) is 3.88. The average molecular weight is 414 g/mol. The summed E-state index contributed by atoms with van der Waals surface area (Å²) in [6.07, 6.45) is 1.11. The van der Waals surface area contributed by atoms with Crippen molar-refractivity contribution in [2.45, 2.75) is 18.6 Å². The fraction of sp³-hybridized carbons (Fsp3) is 0.208. The molecule has 2 N–H and O–H groups in total. The summed E-state index contributed by atoms with van der Waals surface area (Å²) in [6.45, 7) is 0.696. The lowest BCUT2D eigenvalue weighted by Crippen LogP contribution is -2.51. The molecule has 0 spiro atoms. The number of amides is 1. The molecular weight excluding hydrogens is 392 g/mol. The second-order valence-electron chi connectivity index (χ2n) is 7.65. The van der Waals surface area contributed by atoms with Crippen LogP contribution in [0.15, 0.2) is 72.9 Å². The van der Waals surface area contributed by atoms with E-state index in [0.717, 1.165) is 16.5 Å². The molecule has 1 aliphatic rings. The SMILES string of the molecule is O=C(c1cc(-c2ccccc2)n[nH]1)N1CC[C@@H](Oc2ccc3cccnc3c2)[C@H](O)C1. The van der Waals surface area contributed by atoms with Crippen LogP contribution in [0.2, 0.25) is 0 Å². The van der Waals surface area contributed by atoms with Crippen molar-refractivity contribution in [2.75, 3.05) is 13.1 Å². The summed E-state index contributed by atoms with van der Waals surface area (Å²) in [7, 11) is 0. The number of aromatic nitrogens is 3. The number of benzene rings is 2. The van der Waals surface area contributed by atoms with Gasteiger partial charge in [0.05, 0.1) is 17.8 Å². The molecule has 0 unspecified atom stereocenters. The van der Waals surface area contributed by atoms with E-state index < -0.39 is 6.10 Å². The quantitative estimate of drug-likeness (QED) is 0.535. The molecule has 3 heterocycles. The Morgan fingerprint density at radius 1 is 1.10 bits per heavy atom. The summed E-state index contributed by atoms with van der Waals surface area (Å²) in [5.74, 6) is 0.484. The predicted molar refractivity (Wildman–Crippen MR) is 117 cm³/mol. The van der Waals surface area contributed by atoms with Crippen LogP contribution in [-0.2, 0) is 0 Å². The van der Waals surface area contributed by atoms with E-state index in [0.29, 0.717) is 30.1 Å². The van der Waals surface area contributed by atoms with Gasteiger partial charge in [0, 0.05) is 36.2 Å². The Balaban J connectivity index is 1.24. The van der Waals surface area contributed by atoms with E-state index in [1.807, 2.05) is 60.7 Å². The summed E-state index contributed by atoms with van der Waals surface area (Å²) >= 11 is 0. The van der Waals surface area contributed by atoms with Gasteiger partial charge in [0.2, 0.25) is 0 Å². The van der Waals surface area contributed by atoms with E-state index in [1.165, 1.54) is 0 Å². The largest absolute Gasteiger partial charge is 0.488 e. The van der Waals surface area contributed by atoms with Gasteiger partial charge in [-0.3, -0.25) is 14.9 Å². The highest BCUT2D eigenvalue weighted by Crippen LogP contribution is 2.24. The van der Waals surface area contributed by atoms with Crippen molar-refractivity contribution in [3.63, 3.8) is 0 Å². The fourth-order valence-corrected chi connectivity index (χ4v) is 3.88. The summed E-state index contributed by atoms with van der Waals surface area (Å²) in [6, 6.07) is 21.0. The molecule has 2 atom stereocenters. The van der Waals surface area contributed by atoms with Gasteiger partial charge in [-0.2, -0.15) is 5.10 Å². The van der Waals surface area contributed by atoms with Crippen molar-refractivity contribution < 1.29 is 14.6 Å². The summed E-state index contributed by atoms with van der Waals surface area (Å²) in [5.41, 5.74) is 2.91. The summed E-state index contributed by atoms with van der Waals surface area (Å²) in [5, 5.41) is 18.7. The molecule has 7 nitrogen and oxygen atoms in total. The van der Waals surface area contributed by atoms with E-state index in [9.17, 15) is 9.90 Å². The van der Waals surface area contributed by atoms with E-state index in [4.69, 9.17) is 4.74 Å². The molecule has 1 amide bonds.